The number of fused-ring (bicyclic) bond motifs is 1. The van der Waals surface area contributed by atoms with Gasteiger partial charge in [0, 0.05) is 45.2 Å². The molecule has 0 aliphatic carbocycles. The SMILES string of the molecule is Cc1nn(-c2ccccc2)nc1C(=O)N1CCC(c2ncnc3cc(N4CCN(C)CC4)cnc23)CC1. The van der Waals surface area contributed by atoms with Crippen molar-refractivity contribution in [3.05, 3.63) is 66.0 Å². The highest BCUT2D eigenvalue weighted by atomic mass is 16.2. The van der Waals surface area contributed by atoms with Crippen molar-refractivity contribution >= 4 is 22.6 Å². The second kappa shape index (κ2) is 9.85. The van der Waals surface area contributed by atoms with Gasteiger partial charge in [0.2, 0.25) is 0 Å². The van der Waals surface area contributed by atoms with Crippen LogP contribution in [0.5, 0.6) is 0 Å². The number of anilines is 1. The van der Waals surface area contributed by atoms with Crippen LogP contribution in [-0.4, -0.2) is 92.0 Å². The molecule has 37 heavy (non-hydrogen) atoms. The minimum Gasteiger partial charge on any atom is -0.368 e. The fourth-order valence-corrected chi connectivity index (χ4v) is 5.25. The summed E-state index contributed by atoms with van der Waals surface area (Å²) in [5, 5.41) is 8.97. The summed E-state index contributed by atoms with van der Waals surface area (Å²) in [6, 6.07) is 11.8. The van der Waals surface area contributed by atoms with E-state index in [1.54, 1.807) is 6.33 Å². The lowest BCUT2D eigenvalue weighted by molar-refractivity contribution is 0.0705. The van der Waals surface area contributed by atoms with Gasteiger partial charge in [0.15, 0.2) is 5.69 Å². The van der Waals surface area contributed by atoms with Gasteiger partial charge in [-0.1, -0.05) is 18.2 Å². The summed E-state index contributed by atoms with van der Waals surface area (Å²) in [5.74, 6) is 0.165. The van der Waals surface area contributed by atoms with Crippen molar-refractivity contribution in [1.29, 1.82) is 0 Å². The number of likely N-dealkylation sites (N-methyl/N-ethyl adjacent to an activating group) is 1. The third-order valence-corrected chi connectivity index (χ3v) is 7.50. The first-order chi connectivity index (χ1) is 18.1. The molecule has 2 aliphatic heterocycles. The van der Waals surface area contributed by atoms with Gasteiger partial charge in [-0.05, 0) is 45.0 Å². The first-order valence-corrected chi connectivity index (χ1v) is 12.9. The van der Waals surface area contributed by atoms with Crippen molar-refractivity contribution in [2.24, 2.45) is 0 Å². The van der Waals surface area contributed by atoms with Crippen molar-refractivity contribution in [3.63, 3.8) is 0 Å². The van der Waals surface area contributed by atoms with E-state index in [1.165, 1.54) is 4.80 Å². The molecule has 2 saturated heterocycles. The smallest absolute Gasteiger partial charge is 0.276 e. The predicted octanol–water partition coefficient (Wildman–Crippen LogP) is 2.69. The van der Waals surface area contributed by atoms with Crippen molar-refractivity contribution in [2.75, 3.05) is 51.2 Å². The number of piperidine rings is 1. The van der Waals surface area contributed by atoms with Crippen LogP contribution < -0.4 is 4.90 Å². The lowest BCUT2D eigenvalue weighted by Gasteiger charge is -2.34. The van der Waals surface area contributed by atoms with Gasteiger partial charge in [0.05, 0.1) is 34.5 Å². The van der Waals surface area contributed by atoms with Gasteiger partial charge in [0.1, 0.15) is 11.8 Å². The molecular weight excluding hydrogens is 466 g/mol. The van der Waals surface area contributed by atoms with E-state index >= 15 is 0 Å². The standard InChI is InChI=1S/C27H31N9O/c1-19-24(32-36(31-19)21-6-4-3-5-7-21)27(37)35-10-8-20(9-11-35)25-26-23(29-18-30-25)16-22(17-28-26)34-14-12-33(2)13-15-34/h3-7,16-18,20H,8-15H2,1-2H3. The zero-order valence-corrected chi connectivity index (χ0v) is 21.3. The Bertz CT molecular complexity index is 1400. The highest BCUT2D eigenvalue weighted by Gasteiger charge is 2.29. The maximum absolute atomic E-state index is 13.3. The maximum Gasteiger partial charge on any atom is 0.276 e. The van der Waals surface area contributed by atoms with Crippen LogP contribution in [0, 0.1) is 6.92 Å². The van der Waals surface area contributed by atoms with Gasteiger partial charge in [-0.3, -0.25) is 9.78 Å². The van der Waals surface area contributed by atoms with Gasteiger partial charge in [-0.2, -0.15) is 9.90 Å². The second-order valence-electron chi connectivity index (χ2n) is 9.94. The molecule has 10 heteroatoms. The number of piperazine rings is 1. The molecule has 0 atom stereocenters. The Kier molecular flexibility index (Phi) is 6.25. The number of carbonyl (C=O) groups is 1. The highest BCUT2D eigenvalue weighted by molar-refractivity contribution is 5.93. The summed E-state index contributed by atoms with van der Waals surface area (Å²) in [7, 11) is 2.16. The number of amides is 1. The number of hydrogen-bond donors (Lipinski definition) is 0. The number of aryl methyl sites for hydroxylation is 1. The monoisotopic (exact) mass is 497 g/mol. The number of benzene rings is 1. The highest BCUT2D eigenvalue weighted by Crippen LogP contribution is 2.32. The van der Waals surface area contributed by atoms with E-state index in [0.29, 0.717) is 24.5 Å². The second-order valence-corrected chi connectivity index (χ2v) is 9.94. The van der Waals surface area contributed by atoms with E-state index in [2.05, 4.69) is 43.1 Å². The molecule has 10 nitrogen and oxygen atoms in total. The molecule has 3 aromatic heterocycles. The fraction of sp³-hybridized carbons (Fsp3) is 0.407. The number of nitrogens with zero attached hydrogens (tertiary/aromatic N) is 9. The Hall–Kier alpha value is -3.92. The summed E-state index contributed by atoms with van der Waals surface area (Å²) in [6.07, 6.45) is 5.26. The molecule has 0 bridgehead atoms. The molecule has 1 aromatic carbocycles. The van der Waals surface area contributed by atoms with Crippen LogP contribution >= 0.6 is 0 Å². The number of carbonyl (C=O) groups excluding carboxylic acids is 1. The molecule has 0 saturated carbocycles. The van der Waals surface area contributed by atoms with Crippen LogP contribution in [0.15, 0.2) is 48.9 Å². The molecule has 0 spiro atoms. The van der Waals surface area contributed by atoms with Gasteiger partial charge in [-0.15, -0.1) is 5.10 Å². The molecule has 0 N–H and O–H groups in total. The van der Waals surface area contributed by atoms with Crippen LogP contribution in [0.2, 0.25) is 0 Å². The normalized spacial score (nSPS) is 17.5. The Morgan fingerprint density at radius 3 is 2.41 bits per heavy atom. The zero-order valence-electron chi connectivity index (χ0n) is 21.3. The molecule has 4 aromatic rings. The number of pyridine rings is 1. The lowest BCUT2D eigenvalue weighted by Crippen LogP contribution is -2.44. The van der Waals surface area contributed by atoms with Crippen molar-refractivity contribution in [1.82, 2.24) is 39.7 Å². The molecule has 5 heterocycles. The van der Waals surface area contributed by atoms with E-state index in [0.717, 1.165) is 67.1 Å². The van der Waals surface area contributed by atoms with Crippen LogP contribution in [0.4, 0.5) is 5.69 Å². The van der Waals surface area contributed by atoms with Gasteiger partial charge >= 0.3 is 0 Å². The van der Waals surface area contributed by atoms with Crippen molar-refractivity contribution < 1.29 is 4.79 Å². The largest absolute Gasteiger partial charge is 0.368 e. The van der Waals surface area contributed by atoms with Crippen molar-refractivity contribution in [3.8, 4) is 5.69 Å². The summed E-state index contributed by atoms with van der Waals surface area (Å²) in [4.78, 5) is 35.4. The average Bonchev–Trinajstić information content (AvgIpc) is 3.34. The van der Waals surface area contributed by atoms with Crippen LogP contribution in [-0.2, 0) is 0 Å². The topological polar surface area (TPSA) is 96.2 Å². The Morgan fingerprint density at radius 1 is 0.892 bits per heavy atom. The van der Waals surface area contributed by atoms with E-state index in [4.69, 9.17) is 4.98 Å². The van der Waals surface area contributed by atoms with Gasteiger partial charge in [0.25, 0.3) is 5.91 Å². The third kappa shape index (κ3) is 4.64. The third-order valence-electron chi connectivity index (χ3n) is 7.50. The summed E-state index contributed by atoms with van der Waals surface area (Å²) < 4.78 is 0. The zero-order chi connectivity index (χ0) is 25.4. The predicted molar refractivity (Wildman–Crippen MR) is 141 cm³/mol. The average molecular weight is 498 g/mol. The van der Waals surface area contributed by atoms with Crippen molar-refractivity contribution in [2.45, 2.75) is 25.7 Å². The van der Waals surface area contributed by atoms with E-state index in [-0.39, 0.29) is 11.8 Å². The minimum absolute atomic E-state index is 0.0689. The number of rotatable bonds is 4. The molecular formula is C27H31N9O. The van der Waals surface area contributed by atoms with E-state index < -0.39 is 0 Å². The fourth-order valence-electron chi connectivity index (χ4n) is 5.25. The first kappa shape index (κ1) is 23.5. The van der Waals surface area contributed by atoms with Gasteiger partial charge < -0.3 is 14.7 Å². The number of aromatic nitrogens is 6. The molecule has 6 rings (SSSR count). The Morgan fingerprint density at radius 2 is 1.65 bits per heavy atom. The van der Waals surface area contributed by atoms with E-state index in [9.17, 15) is 4.79 Å². The Balaban J connectivity index is 1.15. The number of hydrogen-bond acceptors (Lipinski definition) is 8. The molecule has 2 fully saturated rings. The van der Waals surface area contributed by atoms with E-state index in [1.807, 2.05) is 48.4 Å². The molecule has 1 amide bonds. The number of para-hydroxylation sites is 1. The minimum atomic E-state index is -0.0689. The summed E-state index contributed by atoms with van der Waals surface area (Å²) >= 11 is 0. The Labute approximate surface area is 215 Å². The van der Waals surface area contributed by atoms with Gasteiger partial charge in [-0.25, -0.2) is 9.97 Å². The molecule has 0 radical (unpaired) electrons. The first-order valence-electron chi connectivity index (χ1n) is 12.9. The van der Waals surface area contributed by atoms with Crippen LogP contribution in [0.25, 0.3) is 16.7 Å². The molecule has 0 unspecified atom stereocenters. The quantitative estimate of drug-likeness (QED) is 0.425. The maximum atomic E-state index is 13.3. The molecule has 2 aliphatic rings. The lowest BCUT2D eigenvalue weighted by atomic mass is 9.92. The summed E-state index contributed by atoms with van der Waals surface area (Å²) in [5.41, 5.74) is 5.73. The summed E-state index contributed by atoms with van der Waals surface area (Å²) in [6.45, 7) is 7.21. The van der Waals surface area contributed by atoms with Crippen LogP contribution in [0.1, 0.15) is 40.6 Å². The van der Waals surface area contributed by atoms with Crippen LogP contribution in [0.3, 0.4) is 0 Å². The molecule has 190 valence electrons. The number of likely N-dealkylation sites (tertiary alicyclic amines) is 1.